The highest BCUT2D eigenvalue weighted by Gasteiger charge is 2.37. The predicted molar refractivity (Wildman–Crippen MR) is 76.7 cm³/mol. The number of amides is 1. The highest BCUT2D eigenvalue weighted by molar-refractivity contribution is 6.74. The zero-order valence-corrected chi connectivity index (χ0v) is 13.5. The summed E-state index contributed by atoms with van der Waals surface area (Å²) in [5.74, 6) is 0. The summed E-state index contributed by atoms with van der Waals surface area (Å²) in [4.78, 5) is 12.4. The molecule has 0 N–H and O–H groups in total. The van der Waals surface area contributed by atoms with Gasteiger partial charge in [0.2, 0.25) is 8.32 Å². The molecule has 0 aromatic heterocycles. The number of rotatable bonds is 4. The molecule has 18 heavy (non-hydrogen) atoms. The highest BCUT2D eigenvalue weighted by Crippen LogP contribution is 2.36. The van der Waals surface area contributed by atoms with Crippen molar-refractivity contribution in [2.45, 2.75) is 38.9 Å². The molecule has 0 heterocycles. The molecule has 4 nitrogen and oxygen atoms in total. The fourth-order valence-corrected chi connectivity index (χ4v) is 1.59. The number of nitrogens with zero attached hydrogens (tertiary/aromatic N) is 1. The van der Waals surface area contributed by atoms with Crippen molar-refractivity contribution in [1.82, 2.24) is 4.90 Å². The van der Waals surface area contributed by atoms with Gasteiger partial charge in [0.25, 0.3) is 0 Å². The van der Waals surface area contributed by atoms with E-state index in [0.29, 0.717) is 0 Å². The largest absolute Gasteiger partial charge is 0.549 e. The number of hydrogen-bond acceptors (Lipinski definition) is 3. The molecule has 0 radical (unpaired) electrons. The van der Waals surface area contributed by atoms with Crippen molar-refractivity contribution in [2.24, 2.45) is 0 Å². The van der Waals surface area contributed by atoms with E-state index < -0.39 is 14.4 Å². The minimum Gasteiger partial charge on any atom is -0.549 e. The molecule has 5 heteroatoms. The Bertz CT molecular complexity index is 330. The van der Waals surface area contributed by atoms with E-state index in [9.17, 15) is 4.79 Å². The van der Waals surface area contributed by atoms with Crippen molar-refractivity contribution < 1.29 is 14.0 Å². The maximum atomic E-state index is 11.1. The van der Waals surface area contributed by atoms with Crippen molar-refractivity contribution >= 4 is 14.4 Å². The summed E-state index contributed by atoms with van der Waals surface area (Å²) in [6, 6.07) is 0. The number of methoxy groups -OCH3 is 1. The normalized spacial score (nSPS) is 13.1. The van der Waals surface area contributed by atoms with E-state index in [1.165, 1.54) is 12.0 Å². The molecule has 0 aliphatic heterocycles. The summed E-state index contributed by atoms with van der Waals surface area (Å²) >= 11 is 0. The quantitative estimate of drug-likeness (QED) is 0.444. The van der Waals surface area contributed by atoms with Crippen LogP contribution in [-0.2, 0) is 9.16 Å². The van der Waals surface area contributed by atoms with E-state index in [-0.39, 0.29) is 5.04 Å². The molecule has 0 aromatic rings. The zero-order chi connectivity index (χ0) is 14.4. The standard InChI is InChI=1S/C13H25NO3Si/c1-13(2,3)18(6,7)17-11-9-8-10-14(4)12(15)16-5/h8-11H,1-7H3/b10-8+,11-9+. The summed E-state index contributed by atoms with van der Waals surface area (Å²) in [6.45, 7) is 10.9. The second-order valence-corrected chi connectivity index (χ2v) is 10.4. The van der Waals surface area contributed by atoms with Gasteiger partial charge in [0.05, 0.1) is 13.4 Å². The molecule has 1 amide bonds. The molecule has 0 rings (SSSR count). The van der Waals surface area contributed by atoms with Crippen LogP contribution in [0.2, 0.25) is 18.1 Å². The molecular weight excluding hydrogens is 246 g/mol. The van der Waals surface area contributed by atoms with Gasteiger partial charge in [-0.3, -0.25) is 4.90 Å². The summed E-state index contributed by atoms with van der Waals surface area (Å²) in [5, 5.41) is 0.184. The van der Waals surface area contributed by atoms with Crippen LogP contribution < -0.4 is 0 Å². The Morgan fingerprint density at radius 1 is 1.22 bits per heavy atom. The lowest BCUT2D eigenvalue weighted by Crippen LogP contribution is -2.39. The average Bonchev–Trinajstić information content (AvgIpc) is 2.25. The van der Waals surface area contributed by atoms with Crippen LogP contribution in [0.3, 0.4) is 0 Å². The molecule has 0 saturated carbocycles. The van der Waals surface area contributed by atoms with Gasteiger partial charge in [-0.15, -0.1) is 0 Å². The molecule has 0 aliphatic rings. The minimum absolute atomic E-state index is 0.184. The Labute approximate surface area is 111 Å². The van der Waals surface area contributed by atoms with Crippen molar-refractivity contribution in [3.05, 3.63) is 24.6 Å². The first-order chi connectivity index (χ1) is 8.12. The van der Waals surface area contributed by atoms with Gasteiger partial charge in [0, 0.05) is 13.2 Å². The van der Waals surface area contributed by atoms with Gasteiger partial charge in [-0.05, 0) is 30.3 Å². The zero-order valence-electron chi connectivity index (χ0n) is 12.5. The van der Waals surface area contributed by atoms with Crippen LogP contribution >= 0.6 is 0 Å². The average molecular weight is 271 g/mol. The van der Waals surface area contributed by atoms with Gasteiger partial charge in [0.15, 0.2) is 0 Å². The SMILES string of the molecule is COC(=O)N(C)/C=C/C=C/O[Si](C)(C)C(C)(C)C. The summed E-state index contributed by atoms with van der Waals surface area (Å²) in [6.07, 6.45) is 6.44. The van der Waals surface area contributed by atoms with Crippen molar-refractivity contribution in [1.29, 1.82) is 0 Å². The van der Waals surface area contributed by atoms with E-state index >= 15 is 0 Å². The lowest BCUT2D eigenvalue weighted by molar-refractivity contribution is 0.147. The third-order valence-corrected chi connectivity index (χ3v) is 7.47. The lowest BCUT2D eigenvalue weighted by Gasteiger charge is -2.34. The maximum Gasteiger partial charge on any atom is 0.413 e. The first kappa shape index (κ1) is 16.8. The van der Waals surface area contributed by atoms with Crippen LogP contribution in [-0.4, -0.2) is 33.5 Å². The molecular formula is C13H25NO3Si. The van der Waals surface area contributed by atoms with E-state index in [2.05, 4.69) is 38.6 Å². The lowest BCUT2D eigenvalue weighted by atomic mass is 10.2. The Hall–Kier alpha value is -1.23. The van der Waals surface area contributed by atoms with Gasteiger partial charge in [-0.25, -0.2) is 4.79 Å². The molecule has 104 valence electrons. The number of carbonyl (C=O) groups is 1. The second kappa shape index (κ2) is 6.63. The smallest absolute Gasteiger partial charge is 0.413 e. The maximum absolute atomic E-state index is 11.1. The topological polar surface area (TPSA) is 38.8 Å². The number of carbonyl (C=O) groups excluding carboxylic acids is 1. The van der Waals surface area contributed by atoms with Crippen LogP contribution in [0.5, 0.6) is 0 Å². The third-order valence-electron chi connectivity index (χ3n) is 3.13. The van der Waals surface area contributed by atoms with E-state index in [1.54, 1.807) is 31.7 Å². The van der Waals surface area contributed by atoms with Crippen LogP contribution in [0.1, 0.15) is 20.8 Å². The molecule has 0 unspecified atom stereocenters. The predicted octanol–water partition coefficient (Wildman–Crippen LogP) is 3.73. The number of hydrogen-bond donors (Lipinski definition) is 0. The first-order valence-corrected chi connectivity index (χ1v) is 8.84. The first-order valence-electron chi connectivity index (χ1n) is 5.94. The van der Waals surface area contributed by atoms with Gasteiger partial charge in [-0.2, -0.15) is 0 Å². The molecule has 0 bridgehead atoms. The summed E-state index contributed by atoms with van der Waals surface area (Å²) in [5.41, 5.74) is 0. The van der Waals surface area contributed by atoms with E-state index in [1.807, 2.05) is 0 Å². The second-order valence-electron chi connectivity index (χ2n) is 5.63. The van der Waals surface area contributed by atoms with E-state index in [4.69, 9.17) is 4.43 Å². The molecule has 0 saturated heterocycles. The molecule has 0 fully saturated rings. The van der Waals surface area contributed by atoms with Crippen LogP contribution in [0.4, 0.5) is 4.79 Å². The van der Waals surface area contributed by atoms with Crippen molar-refractivity contribution in [3.8, 4) is 0 Å². The Balaban J connectivity index is 4.29. The summed E-state index contributed by atoms with van der Waals surface area (Å²) < 4.78 is 10.4. The van der Waals surface area contributed by atoms with Crippen LogP contribution in [0, 0.1) is 0 Å². The molecule has 0 aliphatic carbocycles. The third kappa shape index (κ3) is 5.40. The number of ether oxygens (including phenoxy) is 1. The minimum atomic E-state index is -1.74. The monoisotopic (exact) mass is 271 g/mol. The Kier molecular flexibility index (Phi) is 6.18. The molecule has 0 atom stereocenters. The molecule has 0 aromatic carbocycles. The van der Waals surface area contributed by atoms with E-state index in [0.717, 1.165) is 0 Å². The van der Waals surface area contributed by atoms with Crippen molar-refractivity contribution in [3.63, 3.8) is 0 Å². The highest BCUT2D eigenvalue weighted by atomic mass is 28.4. The van der Waals surface area contributed by atoms with Crippen molar-refractivity contribution in [2.75, 3.05) is 14.2 Å². The van der Waals surface area contributed by atoms with Gasteiger partial charge in [-0.1, -0.05) is 20.8 Å². The van der Waals surface area contributed by atoms with Crippen LogP contribution in [0.25, 0.3) is 0 Å². The molecule has 0 spiro atoms. The fraction of sp³-hybridized carbons (Fsp3) is 0.615. The fourth-order valence-electron chi connectivity index (χ4n) is 0.815. The van der Waals surface area contributed by atoms with Crippen LogP contribution in [0.15, 0.2) is 24.6 Å². The van der Waals surface area contributed by atoms with Gasteiger partial charge in [0.1, 0.15) is 0 Å². The number of allylic oxidation sites excluding steroid dienone is 2. The van der Waals surface area contributed by atoms with Gasteiger partial charge >= 0.3 is 6.09 Å². The summed E-state index contributed by atoms with van der Waals surface area (Å²) in [7, 11) is 1.24. The van der Waals surface area contributed by atoms with Gasteiger partial charge < -0.3 is 9.16 Å². The Morgan fingerprint density at radius 2 is 1.78 bits per heavy atom. The Morgan fingerprint density at radius 3 is 2.22 bits per heavy atom.